The van der Waals surface area contributed by atoms with Crippen LogP contribution in [0, 0.1) is 6.92 Å². The first-order chi connectivity index (χ1) is 8.65. The summed E-state index contributed by atoms with van der Waals surface area (Å²) in [4.78, 5) is 11.9. The summed E-state index contributed by atoms with van der Waals surface area (Å²) in [5, 5.41) is 0. The number of hydrogen-bond acceptors (Lipinski definition) is 2. The van der Waals surface area contributed by atoms with Gasteiger partial charge >= 0.3 is 0 Å². The number of hydrogen-bond donors (Lipinski definition) is 1. The monoisotopic (exact) mass is 237 g/mol. The van der Waals surface area contributed by atoms with Crippen molar-refractivity contribution in [3.05, 3.63) is 71.3 Å². The molecule has 0 saturated heterocycles. The van der Waals surface area contributed by atoms with E-state index < -0.39 is 0 Å². The maximum Gasteiger partial charge on any atom is 0.185 e. The smallest absolute Gasteiger partial charge is 0.185 e. The fourth-order valence-electron chi connectivity index (χ4n) is 1.59. The van der Waals surface area contributed by atoms with E-state index >= 15 is 0 Å². The normalized spacial score (nSPS) is 10.7. The van der Waals surface area contributed by atoms with Crippen molar-refractivity contribution in [1.29, 1.82) is 0 Å². The number of allylic oxidation sites excluding steroid dienone is 1. The zero-order chi connectivity index (χ0) is 13.0. The Hall–Kier alpha value is -2.35. The second kappa shape index (κ2) is 5.32. The molecule has 0 aliphatic rings. The van der Waals surface area contributed by atoms with Crippen molar-refractivity contribution in [2.24, 2.45) is 0 Å². The fraction of sp³-hybridized carbons (Fsp3) is 0.0625. The van der Waals surface area contributed by atoms with Gasteiger partial charge in [-0.15, -0.1) is 0 Å². The summed E-state index contributed by atoms with van der Waals surface area (Å²) >= 11 is 0. The number of nitrogen functional groups attached to an aromatic ring is 1. The van der Waals surface area contributed by atoms with Gasteiger partial charge in [0.2, 0.25) is 0 Å². The number of carbonyl (C=O) groups is 1. The Morgan fingerprint density at radius 1 is 1.00 bits per heavy atom. The SMILES string of the molecule is Cc1ccc(C(=O)/C=C/c2ccc(N)cc2)cc1. The predicted octanol–water partition coefficient (Wildman–Crippen LogP) is 3.47. The standard InChI is InChI=1S/C16H15NO/c1-12-2-7-14(8-3-12)16(18)11-6-13-4-9-15(17)10-5-13/h2-11H,17H2,1H3/b11-6+. The van der Waals surface area contributed by atoms with Crippen LogP contribution < -0.4 is 5.73 Å². The molecule has 0 spiro atoms. The van der Waals surface area contributed by atoms with E-state index in [-0.39, 0.29) is 5.78 Å². The van der Waals surface area contributed by atoms with Crippen molar-refractivity contribution in [2.75, 3.05) is 5.73 Å². The number of benzene rings is 2. The molecule has 2 aromatic carbocycles. The lowest BCUT2D eigenvalue weighted by molar-refractivity contribution is 0.104. The van der Waals surface area contributed by atoms with Gasteiger partial charge in [0.15, 0.2) is 5.78 Å². The molecular formula is C16H15NO. The first-order valence-electron chi connectivity index (χ1n) is 5.80. The summed E-state index contributed by atoms with van der Waals surface area (Å²) in [6, 6.07) is 14.9. The summed E-state index contributed by atoms with van der Waals surface area (Å²) < 4.78 is 0. The van der Waals surface area contributed by atoms with Crippen LogP contribution in [0.4, 0.5) is 5.69 Å². The summed E-state index contributed by atoms with van der Waals surface area (Å²) in [7, 11) is 0. The number of rotatable bonds is 3. The molecule has 0 unspecified atom stereocenters. The Labute approximate surface area is 107 Å². The molecule has 0 aliphatic heterocycles. The molecule has 0 radical (unpaired) electrons. The Kier molecular flexibility index (Phi) is 3.58. The Morgan fingerprint density at radius 2 is 1.61 bits per heavy atom. The quantitative estimate of drug-likeness (QED) is 0.504. The van der Waals surface area contributed by atoms with Gasteiger partial charge in [0.1, 0.15) is 0 Å². The van der Waals surface area contributed by atoms with E-state index in [1.165, 1.54) is 0 Å². The molecule has 0 amide bonds. The summed E-state index contributed by atoms with van der Waals surface area (Å²) in [6.07, 6.45) is 3.37. The van der Waals surface area contributed by atoms with Gasteiger partial charge in [-0.1, -0.05) is 48.0 Å². The van der Waals surface area contributed by atoms with Crippen LogP contribution in [0.2, 0.25) is 0 Å². The second-order valence-corrected chi connectivity index (χ2v) is 4.23. The number of nitrogens with two attached hydrogens (primary N) is 1. The van der Waals surface area contributed by atoms with Crippen LogP contribution >= 0.6 is 0 Å². The summed E-state index contributed by atoms with van der Waals surface area (Å²) in [6.45, 7) is 2.00. The predicted molar refractivity (Wildman–Crippen MR) is 75.4 cm³/mol. The molecule has 2 aromatic rings. The Morgan fingerprint density at radius 3 is 2.22 bits per heavy atom. The number of carbonyl (C=O) groups excluding carboxylic acids is 1. The van der Waals surface area contributed by atoms with E-state index in [2.05, 4.69) is 0 Å². The number of anilines is 1. The van der Waals surface area contributed by atoms with Crippen LogP contribution in [0.15, 0.2) is 54.6 Å². The lowest BCUT2D eigenvalue weighted by atomic mass is 10.1. The van der Waals surface area contributed by atoms with Gasteiger partial charge in [-0.05, 0) is 30.7 Å². The van der Waals surface area contributed by atoms with Crippen LogP contribution in [0.1, 0.15) is 21.5 Å². The van der Waals surface area contributed by atoms with Crippen LogP contribution in [0.3, 0.4) is 0 Å². The molecule has 0 fully saturated rings. The van der Waals surface area contributed by atoms with Gasteiger partial charge in [0.05, 0.1) is 0 Å². The molecular weight excluding hydrogens is 222 g/mol. The van der Waals surface area contributed by atoms with Gasteiger partial charge in [-0.2, -0.15) is 0 Å². The summed E-state index contributed by atoms with van der Waals surface area (Å²) in [5.74, 6) is 0.00632. The second-order valence-electron chi connectivity index (χ2n) is 4.23. The highest BCUT2D eigenvalue weighted by Crippen LogP contribution is 2.09. The first kappa shape index (κ1) is 12.1. The third-order valence-electron chi connectivity index (χ3n) is 2.70. The van der Waals surface area contributed by atoms with E-state index in [9.17, 15) is 4.79 Å². The van der Waals surface area contributed by atoms with Crippen molar-refractivity contribution in [3.63, 3.8) is 0 Å². The topological polar surface area (TPSA) is 43.1 Å². The zero-order valence-corrected chi connectivity index (χ0v) is 10.3. The van der Waals surface area contributed by atoms with Gasteiger partial charge in [0.25, 0.3) is 0 Å². The Balaban J connectivity index is 2.11. The van der Waals surface area contributed by atoms with Crippen LogP contribution in [0.5, 0.6) is 0 Å². The fourth-order valence-corrected chi connectivity index (χ4v) is 1.59. The number of aryl methyl sites for hydroxylation is 1. The van der Waals surface area contributed by atoms with Crippen molar-refractivity contribution in [2.45, 2.75) is 6.92 Å². The molecule has 18 heavy (non-hydrogen) atoms. The van der Waals surface area contributed by atoms with Gasteiger partial charge < -0.3 is 5.73 Å². The van der Waals surface area contributed by atoms with Gasteiger partial charge in [-0.3, -0.25) is 4.79 Å². The van der Waals surface area contributed by atoms with Crippen molar-refractivity contribution in [3.8, 4) is 0 Å². The minimum Gasteiger partial charge on any atom is -0.399 e. The molecule has 0 saturated carbocycles. The van der Waals surface area contributed by atoms with E-state index in [1.54, 1.807) is 12.2 Å². The molecule has 2 N–H and O–H groups in total. The van der Waals surface area contributed by atoms with E-state index in [0.29, 0.717) is 5.56 Å². The van der Waals surface area contributed by atoms with E-state index in [1.807, 2.05) is 55.5 Å². The minimum atomic E-state index is 0.00632. The summed E-state index contributed by atoms with van der Waals surface area (Å²) in [5.41, 5.74) is 9.13. The Bertz CT molecular complexity index is 565. The lowest BCUT2D eigenvalue weighted by Gasteiger charge is -1.97. The molecule has 90 valence electrons. The third kappa shape index (κ3) is 3.08. The van der Waals surface area contributed by atoms with Crippen molar-refractivity contribution in [1.82, 2.24) is 0 Å². The zero-order valence-electron chi connectivity index (χ0n) is 10.3. The molecule has 2 nitrogen and oxygen atoms in total. The van der Waals surface area contributed by atoms with Gasteiger partial charge in [0, 0.05) is 11.3 Å². The highest BCUT2D eigenvalue weighted by Gasteiger charge is 2.00. The van der Waals surface area contributed by atoms with E-state index in [0.717, 1.165) is 16.8 Å². The van der Waals surface area contributed by atoms with Crippen LogP contribution in [-0.2, 0) is 0 Å². The number of ketones is 1. The third-order valence-corrected chi connectivity index (χ3v) is 2.70. The molecule has 0 heterocycles. The maximum absolute atomic E-state index is 11.9. The highest BCUT2D eigenvalue weighted by molar-refractivity contribution is 6.06. The molecule has 0 atom stereocenters. The van der Waals surface area contributed by atoms with Crippen molar-refractivity contribution >= 4 is 17.5 Å². The first-order valence-corrected chi connectivity index (χ1v) is 5.80. The lowest BCUT2D eigenvalue weighted by Crippen LogP contribution is -1.93. The average molecular weight is 237 g/mol. The molecule has 2 heteroatoms. The molecule has 0 aliphatic carbocycles. The van der Waals surface area contributed by atoms with Crippen molar-refractivity contribution < 1.29 is 4.79 Å². The highest BCUT2D eigenvalue weighted by atomic mass is 16.1. The molecule has 0 aromatic heterocycles. The van der Waals surface area contributed by atoms with Crippen LogP contribution in [-0.4, -0.2) is 5.78 Å². The van der Waals surface area contributed by atoms with Gasteiger partial charge in [-0.25, -0.2) is 0 Å². The maximum atomic E-state index is 11.9. The average Bonchev–Trinajstić information content (AvgIpc) is 2.38. The van der Waals surface area contributed by atoms with Crippen LogP contribution in [0.25, 0.3) is 6.08 Å². The molecule has 2 rings (SSSR count). The largest absolute Gasteiger partial charge is 0.399 e. The van der Waals surface area contributed by atoms with E-state index in [4.69, 9.17) is 5.73 Å². The minimum absolute atomic E-state index is 0.00632. The molecule has 0 bridgehead atoms.